The van der Waals surface area contributed by atoms with Gasteiger partial charge in [-0.3, -0.25) is 0 Å². The maximum absolute atomic E-state index is 5.89. The van der Waals surface area contributed by atoms with Gasteiger partial charge in [0.05, 0.1) is 19.1 Å². The Labute approximate surface area is 88.8 Å². The van der Waals surface area contributed by atoms with Crippen LogP contribution in [0.1, 0.15) is 11.1 Å². The van der Waals surface area contributed by atoms with E-state index in [1.165, 1.54) is 5.56 Å². The molecule has 1 fully saturated rings. The summed E-state index contributed by atoms with van der Waals surface area (Å²) in [5.41, 5.74) is 2.21. The Hall–Kier alpha value is -0.570. The van der Waals surface area contributed by atoms with Crippen molar-refractivity contribution in [3.05, 3.63) is 35.4 Å². The van der Waals surface area contributed by atoms with Crippen molar-refractivity contribution < 1.29 is 9.47 Å². The second-order valence-corrected chi connectivity index (χ2v) is 3.72. The minimum absolute atomic E-state index is 0.329. The smallest absolute Gasteiger partial charge is 0.208 e. The van der Waals surface area contributed by atoms with Crippen molar-refractivity contribution in [3.8, 4) is 0 Å². The summed E-state index contributed by atoms with van der Waals surface area (Å²) in [6.07, 6.45) is 0. The lowest BCUT2D eigenvalue weighted by atomic mass is 10.1. The maximum atomic E-state index is 5.89. The lowest BCUT2D eigenvalue weighted by molar-refractivity contribution is -0.146. The predicted molar refractivity (Wildman–Crippen MR) is 55.5 cm³/mol. The molecule has 1 aliphatic rings. The van der Waals surface area contributed by atoms with Crippen LogP contribution in [0, 0.1) is 6.92 Å². The molecular formula is C11H13ClO2. The summed E-state index contributed by atoms with van der Waals surface area (Å²) in [7, 11) is 0. The molecule has 2 rings (SSSR count). The molecule has 0 atom stereocenters. The summed E-state index contributed by atoms with van der Waals surface area (Å²) in [6.45, 7) is 3.27. The third kappa shape index (κ3) is 1.65. The van der Waals surface area contributed by atoms with Crippen LogP contribution in [-0.2, 0) is 15.3 Å². The zero-order valence-electron chi connectivity index (χ0n) is 8.13. The topological polar surface area (TPSA) is 18.5 Å². The van der Waals surface area contributed by atoms with E-state index in [-0.39, 0.29) is 0 Å². The van der Waals surface area contributed by atoms with Crippen molar-refractivity contribution in [2.45, 2.75) is 12.7 Å². The number of halogens is 1. The Morgan fingerprint density at radius 3 is 2.29 bits per heavy atom. The molecule has 1 heterocycles. The second kappa shape index (κ2) is 3.89. The van der Waals surface area contributed by atoms with Gasteiger partial charge in [-0.2, -0.15) is 0 Å². The van der Waals surface area contributed by atoms with E-state index in [4.69, 9.17) is 21.1 Å². The molecule has 14 heavy (non-hydrogen) atoms. The van der Waals surface area contributed by atoms with Crippen LogP contribution < -0.4 is 0 Å². The molecule has 1 saturated heterocycles. The normalized spacial score (nSPS) is 19.9. The number of hydrogen-bond acceptors (Lipinski definition) is 2. The zero-order chi connectivity index (χ0) is 10.0. The molecule has 0 saturated carbocycles. The molecule has 1 aromatic rings. The number of benzene rings is 1. The number of alkyl halides is 1. The van der Waals surface area contributed by atoms with E-state index < -0.39 is 5.79 Å². The standard InChI is InChI=1S/C11H13ClO2/c1-9-2-4-10(5-3-9)11(8-12)13-6-7-14-11/h2-5H,6-8H2,1H3. The Bertz CT molecular complexity index is 302. The molecule has 1 aliphatic heterocycles. The first-order valence-electron chi connectivity index (χ1n) is 4.68. The summed E-state index contributed by atoms with van der Waals surface area (Å²) >= 11 is 5.89. The highest BCUT2D eigenvalue weighted by Gasteiger charge is 2.37. The minimum Gasteiger partial charge on any atom is -0.342 e. The van der Waals surface area contributed by atoms with Gasteiger partial charge in [0.2, 0.25) is 5.79 Å². The lowest BCUT2D eigenvalue weighted by Gasteiger charge is -2.25. The molecule has 0 radical (unpaired) electrons. The van der Waals surface area contributed by atoms with Gasteiger partial charge in [-0.1, -0.05) is 29.8 Å². The number of hydrogen-bond donors (Lipinski definition) is 0. The molecule has 2 nitrogen and oxygen atoms in total. The molecule has 0 amide bonds. The molecule has 0 aromatic heterocycles. The fraction of sp³-hybridized carbons (Fsp3) is 0.455. The molecular weight excluding hydrogens is 200 g/mol. The predicted octanol–water partition coefficient (Wildman–Crippen LogP) is 2.43. The molecule has 76 valence electrons. The van der Waals surface area contributed by atoms with Crippen molar-refractivity contribution in [2.75, 3.05) is 19.1 Å². The van der Waals surface area contributed by atoms with Gasteiger partial charge in [0.1, 0.15) is 0 Å². The van der Waals surface area contributed by atoms with Crippen molar-refractivity contribution in [2.24, 2.45) is 0 Å². The van der Waals surface area contributed by atoms with Gasteiger partial charge in [0, 0.05) is 5.56 Å². The van der Waals surface area contributed by atoms with E-state index in [1.54, 1.807) is 0 Å². The highest BCUT2D eigenvalue weighted by atomic mass is 35.5. The van der Waals surface area contributed by atoms with Gasteiger partial charge in [-0.05, 0) is 6.92 Å². The van der Waals surface area contributed by atoms with Crippen molar-refractivity contribution >= 4 is 11.6 Å². The summed E-state index contributed by atoms with van der Waals surface area (Å²) in [6, 6.07) is 8.08. The average Bonchev–Trinajstić information content (AvgIpc) is 2.68. The van der Waals surface area contributed by atoms with Crippen LogP contribution in [0.3, 0.4) is 0 Å². The first kappa shape index (κ1) is 9.97. The van der Waals surface area contributed by atoms with Crippen molar-refractivity contribution in [3.63, 3.8) is 0 Å². The zero-order valence-corrected chi connectivity index (χ0v) is 8.88. The SMILES string of the molecule is Cc1ccc(C2(CCl)OCCO2)cc1. The summed E-state index contributed by atoms with van der Waals surface area (Å²) in [5, 5.41) is 0. The van der Waals surface area contributed by atoms with Gasteiger partial charge in [0.25, 0.3) is 0 Å². The summed E-state index contributed by atoms with van der Waals surface area (Å²) in [5.74, 6) is -0.384. The minimum atomic E-state index is -0.713. The Morgan fingerprint density at radius 2 is 1.79 bits per heavy atom. The van der Waals surface area contributed by atoms with E-state index in [0.717, 1.165) is 5.56 Å². The second-order valence-electron chi connectivity index (χ2n) is 3.45. The van der Waals surface area contributed by atoms with Crippen LogP contribution in [0.25, 0.3) is 0 Å². The molecule has 0 N–H and O–H groups in total. The van der Waals surface area contributed by atoms with Gasteiger partial charge < -0.3 is 9.47 Å². The van der Waals surface area contributed by atoms with Crippen LogP contribution in [-0.4, -0.2) is 19.1 Å². The quantitative estimate of drug-likeness (QED) is 0.702. The van der Waals surface area contributed by atoms with E-state index in [2.05, 4.69) is 0 Å². The molecule has 0 spiro atoms. The summed E-state index contributed by atoms with van der Waals surface area (Å²) < 4.78 is 11.1. The van der Waals surface area contributed by atoms with Gasteiger partial charge in [-0.25, -0.2) is 0 Å². The van der Waals surface area contributed by atoms with E-state index in [1.807, 2.05) is 31.2 Å². The Balaban J connectivity index is 2.31. The van der Waals surface area contributed by atoms with Gasteiger partial charge in [-0.15, -0.1) is 11.6 Å². The number of rotatable bonds is 2. The van der Waals surface area contributed by atoms with Crippen molar-refractivity contribution in [1.82, 2.24) is 0 Å². The Kier molecular flexibility index (Phi) is 2.77. The first-order chi connectivity index (χ1) is 6.77. The Morgan fingerprint density at radius 1 is 1.21 bits per heavy atom. The first-order valence-corrected chi connectivity index (χ1v) is 5.21. The number of ether oxygens (including phenoxy) is 2. The van der Waals surface area contributed by atoms with Crippen molar-refractivity contribution in [1.29, 1.82) is 0 Å². The fourth-order valence-corrected chi connectivity index (χ4v) is 1.89. The highest BCUT2D eigenvalue weighted by Crippen LogP contribution is 2.32. The molecule has 3 heteroatoms. The third-order valence-corrected chi connectivity index (χ3v) is 2.77. The van der Waals surface area contributed by atoms with Crippen LogP contribution >= 0.6 is 11.6 Å². The summed E-state index contributed by atoms with van der Waals surface area (Å²) in [4.78, 5) is 0. The molecule has 0 aliphatic carbocycles. The lowest BCUT2D eigenvalue weighted by Crippen LogP contribution is -2.29. The molecule has 0 bridgehead atoms. The molecule has 0 unspecified atom stereocenters. The van der Waals surface area contributed by atoms with E-state index in [0.29, 0.717) is 19.1 Å². The highest BCUT2D eigenvalue weighted by molar-refractivity contribution is 6.18. The third-order valence-electron chi connectivity index (χ3n) is 2.42. The van der Waals surface area contributed by atoms with Gasteiger partial charge in [0.15, 0.2) is 0 Å². The van der Waals surface area contributed by atoms with Crippen LogP contribution in [0.5, 0.6) is 0 Å². The fourth-order valence-electron chi connectivity index (χ4n) is 1.58. The average molecular weight is 213 g/mol. The van der Waals surface area contributed by atoms with Crippen LogP contribution in [0.4, 0.5) is 0 Å². The maximum Gasteiger partial charge on any atom is 0.208 e. The number of aryl methyl sites for hydroxylation is 1. The van der Waals surface area contributed by atoms with Gasteiger partial charge >= 0.3 is 0 Å². The van der Waals surface area contributed by atoms with Crippen LogP contribution in [0.15, 0.2) is 24.3 Å². The largest absolute Gasteiger partial charge is 0.342 e. The van der Waals surface area contributed by atoms with Crippen LogP contribution in [0.2, 0.25) is 0 Å². The van der Waals surface area contributed by atoms with E-state index in [9.17, 15) is 0 Å². The molecule has 1 aromatic carbocycles. The van der Waals surface area contributed by atoms with E-state index >= 15 is 0 Å². The monoisotopic (exact) mass is 212 g/mol.